The van der Waals surface area contributed by atoms with E-state index in [-0.39, 0.29) is 23.8 Å². The van der Waals surface area contributed by atoms with Crippen LogP contribution in [0.15, 0.2) is 29.2 Å². The Morgan fingerprint density at radius 3 is 3.00 bits per heavy atom. The van der Waals surface area contributed by atoms with E-state index in [1.807, 2.05) is 30.0 Å². The van der Waals surface area contributed by atoms with Gasteiger partial charge in [-0.1, -0.05) is 36.8 Å². The van der Waals surface area contributed by atoms with Crippen molar-refractivity contribution in [1.82, 2.24) is 10.6 Å². The van der Waals surface area contributed by atoms with Crippen LogP contribution in [-0.2, 0) is 9.59 Å². The number of carbonyl (C=O) groups excluding carboxylic acids is 2. The van der Waals surface area contributed by atoms with Crippen molar-refractivity contribution in [2.75, 3.05) is 18.1 Å². The molecule has 1 saturated heterocycles. The third-order valence-electron chi connectivity index (χ3n) is 5.43. The van der Waals surface area contributed by atoms with Crippen LogP contribution in [0.5, 0.6) is 0 Å². The van der Waals surface area contributed by atoms with Gasteiger partial charge in [0.05, 0.1) is 4.91 Å². The summed E-state index contributed by atoms with van der Waals surface area (Å²) in [6, 6.07) is 8.29. The molecule has 4 nitrogen and oxygen atoms in total. The number of nitrogens with one attached hydrogen (secondary N) is 2. The molecule has 1 aliphatic heterocycles. The second-order valence-electron chi connectivity index (χ2n) is 7.93. The Bertz CT molecular complexity index is 750. The Morgan fingerprint density at radius 2 is 2.21 bits per heavy atom. The average molecular weight is 433 g/mol. The largest absolute Gasteiger partial charge is 0.356 e. The van der Waals surface area contributed by atoms with Gasteiger partial charge in [0.2, 0.25) is 5.91 Å². The number of carbonyl (C=O) groups is 2. The summed E-state index contributed by atoms with van der Waals surface area (Å²) in [5, 5.41) is 6.63. The molecule has 0 radical (unpaired) electrons. The lowest BCUT2D eigenvalue weighted by Gasteiger charge is -2.39. The van der Waals surface area contributed by atoms with Crippen molar-refractivity contribution in [3.05, 3.63) is 40.3 Å². The SMILES string of the molecule is CCCSCCCNC(=O)C1CCC2S/C(=C/c3cccc(C)c3)C(=O)NC2C1. The Kier molecular flexibility index (Phi) is 8.54. The number of hydrogen-bond acceptors (Lipinski definition) is 4. The molecule has 0 spiro atoms. The third kappa shape index (κ3) is 6.54. The van der Waals surface area contributed by atoms with E-state index in [2.05, 4.69) is 36.6 Å². The second kappa shape index (κ2) is 11.1. The van der Waals surface area contributed by atoms with Crippen molar-refractivity contribution in [3.8, 4) is 0 Å². The van der Waals surface area contributed by atoms with Crippen molar-refractivity contribution < 1.29 is 9.59 Å². The molecule has 2 amide bonds. The first-order valence-corrected chi connectivity index (χ1v) is 12.7. The molecular weight excluding hydrogens is 400 g/mol. The molecule has 1 aliphatic carbocycles. The highest BCUT2D eigenvalue weighted by Crippen LogP contribution is 2.39. The molecule has 1 aromatic rings. The Labute approximate surface area is 183 Å². The summed E-state index contributed by atoms with van der Waals surface area (Å²) in [5.41, 5.74) is 2.25. The Morgan fingerprint density at radius 1 is 1.34 bits per heavy atom. The normalized spacial score (nSPS) is 25.4. The highest BCUT2D eigenvalue weighted by atomic mass is 32.2. The first-order chi connectivity index (χ1) is 14.1. The zero-order valence-corrected chi connectivity index (χ0v) is 19.0. The lowest BCUT2D eigenvalue weighted by Crippen LogP contribution is -2.51. The van der Waals surface area contributed by atoms with Gasteiger partial charge in [0.1, 0.15) is 0 Å². The van der Waals surface area contributed by atoms with Crippen molar-refractivity contribution in [2.24, 2.45) is 5.92 Å². The van der Waals surface area contributed by atoms with Gasteiger partial charge < -0.3 is 10.6 Å². The summed E-state index contributed by atoms with van der Waals surface area (Å²) in [6.45, 7) is 5.00. The lowest BCUT2D eigenvalue weighted by atomic mass is 9.84. The van der Waals surface area contributed by atoms with Crippen LogP contribution >= 0.6 is 23.5 Å². The molecule has 3 atom stereocenters. The number of amides is 2. The highest BCUT2D eigenvalue weighted by molar-refractivity contribution is 8.04. The molecule has 1 heterocycles. The number of aryl methyl sites for hydroxylation is 1. The van der Waals surface area contributed by atoms with Gasteiger partial charge in [0.25, 0.3) is 5.91 Å². The average Bonchev–Trinajstić information content (AvgIpc) is 2.70. The number of fused-ring (bicyclic) bond motifs is 1. The number of rotatable bonds is 8. The monoisotopic (exact) mass is 432 g/mol. The van der Waals surface area contributed by atoms with E-state index in [9.17, 15) is 9.59 Å². The summed E-state index contributed by atoms with van der Waals surface area (Å²) in [5.74, 6) is 2.46. The summed E-state index contributed by atoms with van der Waals surface area (Å²) in [4.78, 5) is 25.9. The second-order valence-corrected chi connectivity index (χ2v) is 10.4. The van der Waals surface area contributed by atoms with Crippen LogP contribution < -0.4 is 10.6 Å². The zero-order valence-electron chi connectivity index (χ0n) is 17.4. The van der Waals surface area contributed by atoms with E-state index < -0.39 is 0 Å². The fourth-order valence-corrected chi connectivity index (χ4v) is 6.05. The molecule has 1 aromatic carbocycles. The number of benzene rings is 1. The molecule has 2 fully saturated rings. The molecule has 29 heavy (non-hydrogen) atoms. The zero-order chi connectivity index (χ0) is 20.6. The van der Waals surface area contributed by atoms with Crippen LogP contribution in [0.25, 0.3) is 6.08 Å². The third-order valence-corrected chi connectivity index (χ3v) is 8.13. The molecule has 6 heteroatoms. The topological polar surface area (TPSA) is 58.2 Å². The van der Waals surface area contributed by atoms with Gasteiger partial charge in [-0.15, -0.1) is 11.8 Å². The maximum Gasteiger partial charge on any atom is 0.257 e. The van der Waals surface area contributed by atoms with E-state index in [1.165, 1.54) is 17.7 Å². The minimum absolute atomic E-state index is 0.00763. The van der Waals surface area contributed by atoms with Gasteiger partial charge in [0.15, 0.2) is 0 Å². The molecule has 3 unspecified atom stereocenters. The quantitative estimate of drug-likeness (QED) is 0.473. The maximum absolute atomic E-state index is 12.6. The van der Waals surface area contributed by atoms with E-state index >= 15 is 0 Å². The van der Waals surface area contributed by atoms with Gasteiger partial charge in [0, 0.05) is 23.8 Å². The molecule has 2 aliphatic rings. The summed E-state index contributed by atoms with van der Waals surface area (Å²) < 4.78 is 0. The van der Waals surface area contributed by atoms with E-state index in [4.69, 9.17) is 0 Å². The number of thioether (sulfide) groups is 2. The predicted molar refractivity (Wildman–Crippen MR) is 125 cm³/mol. The molecule has 3 rings (SSSR count). The maximum atomic E-state index is 12.6. The minimum Gasteiger partial charge on any atom is -0.356 e. The van der Waals surface area contributed by atoms with Crippen LogP contribution in [0.4, 0.5) is 0 Å². The van der Waals surface area contributed by atoms with Gasteiger partial charge in [-0.2, -0.15) is 11.8 Å². The van der Waals surface area contributed by atoms with Gasteiger partial charge >= 0.3 is 0 Å². The van der Waals surface area contributed by atoms with Gasteiger partial charge in [-0.05, 0) is 62.2 Å². The standard InChI is InChI=1S/C23H32N2O2S2/c1-3-11-28-12-5-10-24-22(26)18-8-9-20-19(15-18)25-23(27)21(29-20)14-17-7-4-6-16(2)13-17/h4,6-7,13-14,18-20H,3,5,8-12,15H2,1-2H3,(H,24,26)(H,25,27)/b21-14+. The van der Waals surface area contributed by atoms with Crippen molar-refractivity contribution >= 4 is 41.4 Å². The van der Waals surface area contributed by atoms with E-state index in [1.54, 1.807) is 11.8 Å². The van der Waals surface area contributed by atoms with Gasteiger partial charge in [-0.25, -0.2) is 0 Å². The van der Waals surface area contributed by atoms with E-state index in [0.29, 0.717) is 5.25 Å². The Hall–Kier alpha value is -1.40. The summed E-state index contributed by atoms with van der Waals surface area (Å²) in [7, 11) is 0. The van der Waals surface area contributed by atoms with Crippen LogP contribution in [0.1, 0.15) is 50.2 Å². The predicted octanol–water partition coefficient (Wildman–Crippen LogP) is 4.39. The first-order valence-electron chi connectivity index (χ1n) is 10.7. The fraction of sp³-hybridized carbons (Fsp3) is 0.565. The van der Waals surface area contributed by atoms with Crippen LogP contribution in [0.2, 0.25) is 0 Å². The lowest BCUT2D eigenvalue weighted by molar-refractivity contribution is -0.127. The summed E-state index contributed by atoms with van der Waals surface area (Å²) >= 11 is 3.63. The molecule has 0 aromatic heterocycles. The molecule has 2 N–H and O–H groups in total. The summed E-state index contributed by atoms with van der Waals surface area (Å²) in [6.07, 6.45) is 6.82. The van der Waals surface area contributed by atoms with Crippen LogP contribution in [-0.4, -0.2) is 41.2 Å². The number of hydrogen-bond donors (Lipinski definition) is 2. The first kappa shape index (κ1) is 22.3. The minimum atomic E-state index is -0.00763. The molecule has 0 bridgehead atoms. The van der Waals surface area contributed by atoms with Crippen molar-refractivity contribution in [2.45, 2.75) is 57.2 Å². The van der Waals surface area contributed by atoms with Crippen LogP contribution in [0, 0.1) is 12.8 Å². The van der Waals surface area contributed by atoms with Crippen molar-refractivity contribution in [1.29, 1.82) is 0 Å². The van der Waals surface area contributed by atoms with Crippen LogP contribution in [0.3, 0.4) is 0 Å². The highest BCUT2D eigenvalue weighted by Gasteiger charge is 2.39. The van der Waals surface area contributed by atoms with Crippen molar-refractivity contribution in [3.63, 3.8) is 0 Å². The molecule has 158 valence electrons. The van der Waals surface area contributed by atoms with Gasteiger partial charge in [-0.3, -0.25) is 9.59 Å². The molecule has 1 saturated carbocycles. The smallest absolute Gasteiger partial charge is 0.257 e. The fourth-order valence-electron chi connectivity index (χ4n) is 3.92. The Balaban J connectivity index is 1.49. The molecular formula is C23H32N2O2S2. The van der Waals surface area contributed by atoms with E-state index in [0.717, 1.165) is 48.4 Å².